The van der Waals surface area contributed by atoms with Crippen molar-refractivity contribution in [1.29, 1.82) is 0 Å². The van der Waals surface area contributed by atoms with Crippen LogP contribution in [0, 0.1) is 12.7 Å². The largest absolute Gasteiger partial charge is 0.454 e. The minimum absolute atomic E-state index is 0.101. The molecule has 0 radical (unpaired) electrons. The monoisotopic (exact) mass is 395 g/mol. The molecule has 6 nitrogen and oxygen atoms in total. The number of benzene rings is 2. The molecule has 0 N–H and O–H groups in total. The van der Waals surface area contributed by atoms with Crippen LogP contribution in [0.4, 0.5) is 4.39 Å². The summed E-state index contributed by atoms with van der Waals surface area (Å²) in [5, 5.41) is 10.1. The molecule has 0 amide bonds. The van der Waals surface area contributed by atoms with Gasteiger partial charge in [-0.1, -0.05) is 11.8 Å². The maximum absolute atomic E-state index is 13.1. The van der Waals surface area contributed by atoms with Gasteiger partial charge in [0.2, 0.25) is 6.79 Å². The summed E-state index contributed by atoms with van der Waals surface area (Å²) in [6.45, 7) is 2.16. The quantitative estimate of drug-likeness (QED) is 0.384. The van der Waals surface area contributed by atoms with E-state index in [1.807, 2.05) is 29.5 Å². The summed E-state index contributed by atoms with van der Waals surface area (Å²) in [7, 11) is 0. The summed E-state index contributed by atoms with van der Waals surface area (Å²) in [5.41, 5.74) is 3.04. The Morgan fingerprint density at radius 3 is 2.68 bits per heavy atom. The van der Waals surface area contributed by atoms with Crippen LogP contribution in [0.3, 0.4) is 0 Å². The van der Waals surface area contributed by atoms with Gasteiger partial charge in [0.15, 0.2) is 28.1 Å². The molecule has 8 heteroatoms. The van der Waals surface area contributed by atoms with Crippen LogP contribution < -0.4 is 9.47 Å². The maximum atomic E-state index is 13.1. The minimum Gasteiger partial charge on any atom is -0.454 e. The van der Waals surface area contributed by atoms with Gasteiger partial charge >= 0.3 is 0 Å². The zero-order valence-corrected chi connectivity index (χ0v) is 15.6. The Hall–Kier alpha value is -3.13. The molecule has 0 saturated carbocycles. The minimum atomic E-state index is -0.367. The fourth-order valence-corrected chi connectivity index (χ4v) is 4.08. The van der Waals surface area contributed by atoms with Crippen molar-refractivity contribution in [2.45, 2.75) is 12.1 Å². The van der Waals surface area contributed by atoms with Crippen molar-refractivity contribution in [3.8, 4) is 11.5 Å². The topological polar surface area (TPSA) is 65.7 Å². The van der Waals surface area contributed by atoms with Gasteiger partial charge in [-0.25, -0.2) is 4.39 Å². The molecule has 0 unspecified atom stereocenters. The van der Waals surface area contributed by atoms with E-state index in [2.05, 4.69) is 10.2 Å². The van der Waals surface area contributed by atoms with Crippen molar-refractivity contribution in [2.75, 3.05) is 12.5 Å². The number of thioether (sulfide) groups is 1. The van der Waals surface area contributed by atoms with E-state index in [1.165, 1.54) is 36.0 Å². The van der Waals surface area contributed by atoms with E-state index < -0.39 is 0 Å². The molecule has 4 aromatic rings. The van der Waals surface area contributed by atoms with Crippen molar-refractivity contribution in [3.63, 3.8) is 0 Å². The van der Waals surface area contributed by atoms with E-state index in [9.17, 15) is 9.18 Å². The normalized spacial score (nSPS) is 12.8. The predicted molar refractivity (Wildman–Crippen MR) is 103 cm³/mol. The second-order valence-electron chi connectivity index (χ2n) is 6.45. The second kappa shape index (κ2) is 6.49. The van der Waals surface area contributed by atoms with E-state index in [1.54, 1.807) is 0 Å². The first-order chi connectivity index (χ1) is 13.6. The third-order valence-electron chi connectivity index (χ3n) is 4.62. The first kappa shape index (κ1) is 17.0. The lowest BCUT2D eigenvalue weighted by Gasteiger charge is -2.08. The Labute approximate surface area is 163 Å². The molecule has 2 aromatic carbocycles. The van der Waals surface area contributed by atoms with Gasteiger partial charge in [0.25, 0.3) is 0 Å². The molecule has 2 aromatic heterocycles. The summed E-state index contributed by atoms with van der Waals surface area (Å²) >= 11 is 1.29. The Morgan fingerprint density at radius 1 is 1.14 bits per heavy atom. The van der Waals surface area contributed by atoms with Crippen LogP contribution in [0.25, 0.3) is 16.6 Å². The molecule has 1 aliphatic rings. The number of nitrogens with zero attached hydrogens (tertiary/aromatic N) is 3. The molecule has 140 valence electrons. The number of rotatable bonds is 4. The van der Waals surface area contributed by atoms with Gasteiger partial charge in [-0.05, 0) is 48.9 Å². The van der Waals surface area contributed by atoms with Crippen molar-refractivity contribution in [2.24, 2.45) is 0 Å². The Balaban J connectivity index is 1.53. The number of fused-ring (bicyclic) bond motifs is 4. The lowest BCUT2D eigenvalue weighted by molar-refractivity contribution is 0.102. The molecule has 0 fully saturated rings. The lowest BCUT2D eigenvalue weighted by Crippen LogP contribution is -2.03. The van der Waals surface area contributed by atoms with Crippen LogP contribution in [0.2, 0.25) is 0 Å². The summed E-state index contributed by atoms with van der Waals surface area (Å²) in [5.74, 6) is 1.08. The van der Waals surface area contributed by atoms with Crippen molar-refractivity contribution in [3.05, 3.63) is 59.4 Å². The van der Waals surface area contributed by atoms with Crippen molar-refractivity contribution >= 4 is 34.1 Å². The summed E-state index contributed by atoms with van der Waals surface area (Å²) in [6.07, 6.45) is 0. The van der Waals surface area contributed by atoms with E-state index in [0.29, 0.717) is 22.2 Å². The number of ether oxygens (including phenoxy) is 2. The third-order valence-corrected chi connectivity index (χ3v) is 5.55. The molecule has 1 aliphatic heterocycles. The highest BCUT2D eigenvalue weighted by atomic mass is 32.2. The number of halogens is 1. The Kier molecular flexibility index (Phi) is 3.94. The number of aryl methyl sites for hydroxylation is 1. The first-order valence-electron chi connectivity index (χ1n) is 8.60. The number of Topliss-reactive ketones (excluding diaryl/α,β-unsaturated/α-hetero) is 1. The van der Waals surface area contributed by atoms with Gasteiger partial charge in [0.1, 0.15) is 5.82 Å². The van der Waals surface area contributed by atoms with Crippen LogP contribution >= 0.6 is 11.8 Å². The highest BCUT2D eigenvalue weighted by molar-refractivity contribution is 7.99. The third kappa shape index (κ3) is 2.77. The molecule has 28 heavy (non-hydrogen) atoms. The fraction of sp³-hybridized carbons (Fsp3) is 0.150. The van der Waals surface area contributed by atoms with Crippen LogP contribution in [-0.2, 0) is 0 Å². The van der Waals surface area contributed by atoms with Crippen LogP contribution in [0.1, 0.15) is 15.9 Å². The molecule has 0 atom stereocenters. The van der Waals surface area contributed by atoms with E-state index >= 15 is 0 Å². The molecule has 5 rings (SSSR count). The second-order valence-corrected chi connectivity index (χ2v) is 7.39. The number of carbonyl (C=O) groups excluding carboxylic acids is 1. The van der Waals surface area contributed by atoms with Crippen molar-refractivity contribution in [1.82, 2.24) is 14.6 Å². The van der Waals surface area contributed by atoms with Crippen LogP contribution in [-0.4, -0.2) is 32.9 Å². The number of hydrogen-bond donors (Lipinski definition) is 0. The van der Waals surface area contributed by atoms with E-state index in [0.717, 1.165) is 22.1 Å². The SMILES string of the molecule is Cc1cc2cc3c(cc2n2c(SCC(=O)c4ccc(F)cc4)nnc12)OCO3. The van der Waals surface area contributed by atoms with Gasteiger partial charge in [-0.15, -0.1) is 10.2 Å². The van der Waals surface area contributed by atoms with Gasteiger partial charge in [0.05, 0.1) is 11.3 Å². The molecule has 0 aliphatic carbocycles. The van der Waals surface area contributed by atoms with Crippen molar-refractivity contribution < 1.29 is 18.7 Å². The van der Waals surface area contributed by atoms with Gasteiger partial charge < -0.3 is 9.47 Å². The number of pyridine rings is 1. The highest BCUT2D eigenvalue weighted by Crippen LogP contribution is 2.37. The van der Waals surface area contributed by atoms with E-state index in [4.69, 9.17) is 9.47 Å². The number of aromatic nitrogens is 3. The molecular formula is C20H14FN3O3S. The highest BCUT2D eigenvalue weighted by Gasteiger charge is 2.19. The number of ketones is 1. The number of hydrogen-bond acceptors (Lipinski definition) is 6. The average Bonchev–Trinajstić information content (AvgIpc) is 3.32. The lowest BCUT2D eigenvalue weighted by atomic mass is 10.1. The maximum Gasteiger partial charge on any atom is 0.231 e. The molecular weight excluding hydrogens is 381 g/mol. The summed E-state index contributed by atoms with van der Waals surface area (Å²) in [6, 6.07) is 11.4. The standard InChI is InChI=1S/C20H14FN3O3S/c1-11-6-13-7-17-18(27-10-26-17)8-15(13)24-19(11)22-23-20(24)28-9-16(25)12-2-4-14(21)5-3-12/h2-8H,9-10H2,1H3. The van der Waals surface area contributed by atoms with Gasteiger partial charge in [0, 0.05) is 17.0 Å². The molecule has 0 saturated heterocycles. The Morgan fingerprint density at radius 2 is 1.89 bits per heavy atom. The molecule has 0 bridgehead atoms. The average molecular weight is 395 g/mol. The smallest absolute Gasteiger partial charge is 0.231 e. The molecule has 0 spiro atoms. The van der Waals surface area contributed by atoms with Gasteiger partial charge in [-0.2, -0.15) is 0 Å². The van der Waals surface area contributed by atoms with Gasteiger partial charge in [-0.3, -0.25) is 9.20 Å². The molecule has 3 heterocycles. The number of carbonyl (C=O) groups is 1. The van der Waals surface area contributed by atoms with Crippen LogP contribution in [0.15, 0.2) is 47.6 Å². The fourth-order valence-electron chi connectivity index (χ4n) is 3.24. The first-order valence-corrected chi connectivity index (χ1v) is 9.58. The predicted octanol–water partition coefficient (Wildman–Crippen LogP) is 4.03. The van der Waals surface area contributed by atoms with E-state index in [-0.39, 0.29) is 24.1 Å². The zero-order chi connectivity index (χ0) is 19.3. The zero-order valence-electron chi connectivity index (χ0n) is 14.8. The summed E-state index contributed by atoms with van der Waals surface area (Å²) < 4.78 is 26.0. The van der Waals surface area contributed by atoms with Crippen LogP contribution in [0.5, 0.6) is 11.5 Å². The summed E-state index contributed by atoms with van der Waals surface area (Å²) in [4.78, 5) is 12.4. The Bertz CT molecular complexity index is 1240.